The normalized spacial score (nSPS) is 17.3. The lowest BCUT2D eigenvalue weighted by Crippen LogP contribution is -2.48. The Kier molecular flexibility index (Phi) is 12.3. The van der Waals surface area contributed by atoms with E-state index in [2.05, 4.69) is 20.6 Å². The molecular weight excluding hydrogens is 815 g/mol. The number of nitrogens with zero attached hydrogens (tertiary/aromatic N) is 4. The van der Waals surface area contributed by atoms with Crippen molar-refractivity contribution < 1.29 is 33.4 Å². The van der Waals surface area contributed by atoms with Crippen molar-refractivity contribution in [3.63, 3.8) is 0 Å². The first-order valence-electron chi connectivity index (χ1n) is 21.1. The van der Waals surface area contributed by atoms with Crippen LogP contribution in [0.2, 0.25) is 0 Å². The number of benzene rings is 4. The highest BCUT2D eigenvalue weighted by molar-refractivity contribution is 5.98. The van der Waals surface area contributed by atoms with Gasteiger partial charge in [-0.2, -0.15) is 0 Å². The number of nitrogens with one attached hydrogen (secondary N) is 4. The van der Waals surface area contributed by atoms with Crippen LogP contribution in [0.15, 0.2) is 115 Å². The zero-order valence-electron chi connectivity index (χ0n) is 35.7. The van der Waals surface area contributed by atoms with Crippen molar-refractivity contribution in [1.29, 1.82) is 0 Å². The molecule has 2 saturated heterocycles. The van der Waals surface area contributed by atoms with Crippen LogP contribution in [0.5, 0.6) is 0 Å². The van der Waals surface area contributed by atoms with E-state index in [4.69, 9.17) is 25.2 Å². The first-order chi connectivity index (χ1) is 31.0. The molecule has 4 atom stereocenters. The molecule has 8 rings (SSSR count). The zero-order chi connectivity index (χ0) is 45.0. The molecule has 2 aliphatic heterocycles. The fourth-order valence-corrected chi connectivity index (χ4v) is 8.71. The van der Waals surface area contributed by atoms with Gasteiger partial charge in [0.05, 0.1) is 31.1 Å². The molecule has 64 heavy (non-hydrogen) atoms. The number of alkyl carbamates (subject to hydrolysis) is 1. The van der Waals surface area contributed by atoms with Crippen LogP contribution in [-0.2, 0) is 24.7 Å². The van der Waals surface area contributed by atoms with Gasteiger partial charge in [-0.15, -0.1) is 0 Å². The number of amides is 5. The summed E-state index contributed by atoms with van der Waals surface area (Å²) in [6.07, 6.45) is 2.76. The molecule has 0 radical (unpaired) electrons. The molecule has 0 saturated carbocycles. The predicted molar refractivity (Wildman–Crippen MR) is 237 cm³/mol. The molecule has 0 aliphatic carbocycles. The number of imidazole rings is 2. The number of aromatic nitrogens is 4. The number of hydrogen-bond acceptors (Lipinski definition) is 9. The van der Waals surface area contributed by atoms with Crippen molar-refractivity contribution in [2.75, 3.05) is 27.2 Å². The van der Waals surface area contributed by atoms with E-state index >= 15 is 0 Å². The molecule has 2 aromatic heterocycles. The Balaban J connectivity index is 0.988. The van der Waals surface area contributed by atoms with E-state index in [9.17, 15) is 24.0 Å². The second kappa shape index (κ2) is 18.3. The number of aromatic amines is 2. The first-order valence-corrected chi connectivity index (χ1v) is 21.1. The van der Waals surface area contributed by atoms with Crippen LogP contribution in [0.4, 0.5) is 9.59 Å². The summed E-state index contributed by atoms with van der Waals surface area (Å²) < 4.78 is 10.3. The van der Waals surface area contributed by atoms with Crippen LogP contribution < -0.4 is 16.4 Å². The van der Waals surface area contributed by atoms with Gasteiger partial charge in [0.2, 0.25) is 5.60 Å². The summed E-state index contributed by atoms with van der Waals surface area (Å²) >= 11 is 0. The Bertz CT molecular complexity index is 2650. The molecule has 4 heterocycles. The van der Waals surface area contributed by atoms with E-state index < -0.39 is 35.8 Å². The Morgan fingerprint density at radius 2 is 1.34 bits per heavy atom. The summed E-state index contributed by atoms with van der Waals surface area (Å²) in [6.45, 7) is 2.45. The molecule has 6 aromatic rings. The summed E-state index contributed by atoms with van der Waals surface area (Å²) in [5.74, 6) is 0.0566. The third kappa shape index (κ3) is 8.54. The van der Waals surface area contributed by atoms with Gasteiger partial charge < -0.3 is 45.6 Å². The van der Waals surface area contributed by atoms with E-state index in [1.807, 2.05) is 66.7 Å². The van der Waals surface area contributed by atoms with Crippen LogP contribution in [0.25, 0.3) is 33.6 Å². The highest BCUT2D eigenvalue weighted by atomic mass is 16.6. The van der Waals surface area contributed by atoms with E-state index in [0.717, 1.165) is 35.2 Å². The molecule has 2 aliphatic rings. The van der Waals surface area contributed by atoms with Crippen LogP contribution >= 0.6 is 0 Å². The molecule has 2 fully saturated rings. The van der Waals surface area contributed by atoms with Crippen LogP contribution in [0.3, 0.4) is 0 Å². The van der Waals surface area contributed by atoms with Crippen molar-refractivity contribution >= 4 is 29.9 Å². The SMILES string of the molecule is CNC(=O)c1[nH]c([C@@H]2CCCN2C(=O)[C@](C)(OC(N)=O)c2ccccc2)nc1-c1ccc(-c2ccc(-c3cnc([C@@H]4CCCN4C(=O)[C@H](NC(=O)OC)c4ccccc4)[nH]3)cc2)cc1. The fraction of sp³-hybridized carbons (Fsp3) is 0.271. The molecule has 328 valence electrons. The Morgan fingerprint density at radius 3 is 1.95 bits per heavy atom. The van der Waals surface area contributed by atoms with Gasteiger partial charge in [-0.1, -0.05) is 109 Å². The van der Waals surface area contributed by atoms with E-state index in [0.29, 0.717) is 60.0 Å². The highest BCUT2D eigenvalue weighted by Gasteiger charge is 2.46. The maximum absolute atomic E-state index is 14.2. The van der Waals surface area contributed by atoms with Gasteiger partial charge in [-0.25, -0.2) is 19.6 Å². The molecule has 16 heteroatoms. The topological polar surface area (TPSA) is 218 Å². The smallest absolute Gasteiger partial charge is 0.407 e. The third-order valence-corrected chi connectivity index (χ3v) is 12.0. The quantitative estimate of drug-likeness (QED) is 0.0861. The average Bonchev–Trinajstić information content (AvgIpc) is 4.18. The molecule has 4 aromatic carbocycles. The maximum Gasteiger partial charge on any atom is 0.407 e. The van der Waals surface area contributed by atoms with Gasteiger partial charge in [0.15, 0.2) is 0 Å². The minimum Gasteiger partial charge on any atom is -0.453 e. The second-order valence-corrected chi connectivity index (χ2v) is 15.9. The maximum atomic E-state index is 14.2. The van der Waals surface area contributed by atoms with Gasteiger partial charge in [0.1, 0.15) is 29.1 Å². The summed E-state index contributed by atoms with van der Waals surface area (Å²) in [4.78, 5) is 85.3. The van der Waals surface area contributed by atoms with Crippen molar-refractivity contribution in [3.05, 3.63) is 144 Å². The van der Waals surface area contributed by atoms with E-state index in [1.54, 1.807) is 65.5 Å². The number of carbonyl (C=O) groups is 5. The first kappa shape index (κ1) is 42.9. The van der Waals surface area contributed by atoms with Crippen molar-refractivity contribution in [1.82, 2.24) is 40.4 Å². The number of methoxy groups -OCH3 is 1. The van der Waals surface area contributed by atoms with Gasteiger partial charge in [0, 0.05) is 31.3 Å². The largest absolute Gasteiger partial charge is 0.453 e. The monoisotopic (exact) mass is 863 g/mol. The van der Waals surface area contributed by atoms with Crippen molar-refractivity contribution in [3.8, 4) is 33.6 Å². The van der Waals surface area contributed by atoms with Crippen molar-refractivity contribution in [2.24, 2.45) is 5.73 Å². The molecule has 5 amide bonds. The molecule has 16 nitrogen and oxygen atoms in total. The van der Waals surface area contributed by atoms with Crippen LogP contribution in [0, 0.1) is 0 Å². The minimum atomic E-state index is -1.68. The summed E-state index contributed by atoms with van der Waals surface area (Å²) in [7, 11) is 2.81. The molecule has 0 bridgehead atoms. The highest BCUT2D eigenvalue weighted by Crippen LogP contribution is 2.39. The summed E-state index contributed by atoms with van der Waals surface area (Å²) in [6, 6.07) is 31.9. The minimum absolute atomic E-state index is 0.238. The Hall–Kier alpha value is -7.75. The predicted octanol–water partition coefficient (Wildman–Crippen LogP) is 6.93. The lowest BCUT2D eigenvalue weighted by atomic mass is 9.93. The van der Waals surface area contributed by atoms with Gasteiger partial charge in [0.25, 0.3) is 17.7 Å². The summed E-state index contributed by atoms with van der Waals surface area (Å²) in [5, 5.41) is 5.39. The average molecular weight is 864 g/mol. The number of ether oxygens (including phenoxy) is 2. The third-order valence-electron chi connectivity index (χ3n) is 12.0. The Labute approximate surface area is 369 Å². The molecular formula is C48H49N9O7. The van der Waals surface area contributed by atoms with E-state index in [-0.39, 0.29) is 23.6 Å². The number of H-pyrrole nitrogens is 2. The molecule has 0 unspecified atom stereocenters. The molecule has 0 spiro atoms. The second-order valence-electron chi connectivity index (χ2n) is 15.9. The van der Waals surface area contributed by atoms with Crippen molar-refractivity contribution in [2.45, 2.75) is 56.3 Å². The lowest BCUT2D eigenvalue weighted by molar-refractivity contribution is -0.151. The van der Waals surface area contributed by atoms with Gasteiger partial charge in [-0.3, -0.25) is 14.4 Å². The summed E-state index contributed by atoms with van der Waals surface area (Å²) in [5.41, 5.74) is 9.91. The van der Waals surface area contributed by atoms with Crippen LogP contribution in [0.1, 0.15) is 84.0 Å². The van der Waals surface area contributed by atoms with Gasteiger partial charge in [-0.05, 0) is 54.9 Å². The number of primary amides is 1. The molecule has 6 N–H and O–H groups in total. The number of nitrogens with two attached hydrogens (primary N) is 1. The number of likely N-dealkylation sites (tertiary alicyclic amines) is 2. The zero-order valence-corrected chi connectivity index (χ0v) is 35.7. The number of rotatable bonds is 12. The van der Waals surface area contributed by atoms with Gasteiger partial charge >= 0.3 is 12.2 Å². The standard InChI is InChI=1S/C48H49N9O7/c1-48(64-46(49)61,34-14-8-5-9-15-34)45(60)57-27-11-17-37(57)42-53-38(40(54-42)43(58)50-2)33-24-20-30(21-25-33)29-18-22-31(23-19-29)35-28-51-41(52-35)36-16-10-26-56(36)44(59)39(55-47(62)63-3)32-12-6-4-7-13-32/h4-9,12-15,18-25,28,36-37,39H,10-11,16-17,26-27H2,1-3H3,(H2,49,61)(H,50,58)(H,51,52)(H,53,54)(H,55,62)/t36-,37-,39+,48+/m0/s1. The number of carbonyl (C=O) groups excluding carboxylic acids is 5. The fourth-order valence-electron chi connectivity index (χ4n) is 8.71. The van der Waals surface area contributed by atoms with Crippen LogP contribution in [-0.4, -0.2) is 86.9 Å². The van der Waals surface area contributed by atoms with E-state index in [1.165, 1.54) is 14.0 Å². The number of hydrogen-bond donors (Lipinski definition) is 5. The lowest BCUT2D eigenvalue weighted by Gasteiger charge is -2.34. The Morgan fingerprint density at radius 1 is 0.766 bits per heavy atom.